The van der Waals surface area contributed by atoms with Crippen molar-refractivity contribution in [2.75, 3.05) is 5.75 Å². The number of carbonyl (C=O) groups excluding carboxylic acids is 1. The van der Waals surface area contributed by atoms with Crippen molar-refractivity contribution in [3.05, 3.63) is 11.5 Å². The number of aliphatic carboxylic acids is 1. The van der Waals surface area contributed by atoms with Gasteiger partial charge in [-0.2, -0.15) is 0 Å². The van der Waals surface area contributed by atoms with E-state index in [4.69, 9.17) is 9.84 Å². The molecule has 0 aromatic rings. The molecule has 0 saturated carbocycles. The monoisotopic (exact) mass is 275 g/mol. The van der Waals surface area contributed by atoms with Gasteiger partial charge in [-0.15, -0.1) is 0 Å². The minimum atomic E-state index is -3.22. The number of hydrogen-bond acceptors (Lipinski definition) is 5. The van der Waals surface area contributed by atoms with E-state index >= 15 is 0 Å². The molecule has 2 heterocycles. The van der Waals surface area contributed by atoms with E-state index in [-0.39, 0.29) is 12.2 Å². The first-order valence-electron chi connectivity index (χ1n) is 5.47. The number of ether oxygens (including phenoxy) is 1. The zero-order chi connectivity index (χ0) is 13.3. The van der Waals surface area contributed by atoms with Crippen molar-refractivity contribution in [1.82, 2.24) is 5.32 Å². The van der Waals surface area contributed by atoms with E-state index in [1.54, 1.807) is 0 Å². The Kier molecular flexibility index (Phi) is 3.40. The molecule has 7 nitrogen and oxygen atoms in total. The van der Waals surface area contributed by atoms with E-state index in [2.05, 4.69) is 5.32 Å². The van der Waals surface area contributed by atoms with E-state index in [0.717, 1.165) is 5.41 Å². The summed E-state index contributed by atoms with van der Waals surface area (Å²) in [6, 6.07) is -0.560. The highest BCUT2D eigenvalue weighted by Gasteiger charge is 2.36. The van der Waals surface area contributed by atoms with E-state index < -0.39 is 40.0 Å². The highest BCUT2D eigenvalue weighted by atomic mass is 32.2. The minimum Gasteiger partial charge on any atom is -0.479 e. The van der Waals surface area contributed by atoms with Crippen molar-refractivity contribution in [3.8, 4) is 0 Å². The lowest BCUT2D eigenvalue weighted by molar-refractivity contribution is -0.151. The van der Waals surface area contributed by atoms with Crippen LogP contribution in [0.15, 0.2) is 11.5 Å². The number of hydrogen-bond donors (Lipinski definition) is 2. The van der Waals surface area contributed by atoms with Gasteiger partial charge >= 0.3 is 5.97 Å². The molecule has 1 amide bonds. The molecule has 0 aromatic heterocycles. The van der Waals surface area contributed by atoms with Gasteiger partial charge in [-0.25, -0.2) is 13.2 Å². The third-order valence-corrected chi connectivity index (χ3v) is 4.24. The van der Waals surface area contributed by atoms with Gasteiger partial charge in [0.15, 0.2) is 15.9 Å². The quantitative estimate of drug-likeness (QED) is 0.687. The van der Waals surface area contributed by atoms with Gasteiger partial charge in [-0.3, -0.25) is 4.79 Å². The smallest absolute Gasteiger partial charge is 0.332 e. The predicted octanol–water partition coefficient (Wildman–Crippen LogP) is -0.954. The summed E-state index contributed by atoms with van der Waals surface area (Å²) >= 11 is 0. The van der Waals surface area contributed by atoms with Gasteiger partial charge < -0.3 is 15.2 Å². The van der Waals surface area contributed by atoms with Crippen LogP contribution in [-0.4, -0.2) is 49.4 Å². The van der Waals surface area contributed by atoms with Crippen LogP contribution in [0.3, 0.4) is 0 Å². The number of rotatable bonds is 3. The van der Waals surface area contributed by atoms with Gasteiger partial charge in [0.25, 0.3) is 0 Å². The summed E-state index contributed by atoms with van der Waals surface area (Å²) in [7, 11) is -3.22. The van der Waals surface area contributed by atoms with Crippen LogP contribution in [-0.2, 0) is 24.2 Å². The van der Waals surface area contributed by atoms with E-state index in [1.807, 2.05) is 0 Å². The van der Waals surface area contributed by atoms with E-state index in [1.165, 1.54) is 6.08 Å². The van der Waals surface area contributed by atoms with Crippen molar-refractivity contribution in [2.45, 2.75) is 31.1 Å². The maximum atomic E-state index is 11.7. The molecule has 100 valence electrons. The van der Waals surface area contributed by atoms with Gasteiger partial charge in [0.05, 0.1) is 11.8 Å². The first kappa shape index (κ1) is 13.0. The van der Waals surface area contributed by atoms with Crippen LogP contribution >= 0.6 is 0 Å². The maximum absolute atomic E-state index is 11.7. The summed E-state index contributed by atoms with van der Waals surface area (Å²) < 4.78 is 27.3. The first-order chi connectivity index (χ1) is 8.37. The molecular weight excluding hydrogens is 262 g/mol. The lowest BCUT2D eigenvalue weighted by atomic mass is 10.2. The largest absolute Gasteiger partial charge is 0.479 e. The molecule has 0 aromatic carbocycles. The Bertz CT molecular complexity index is 496. The third kappa shape index (κ3) is 2.88. The normalized spacial score (nSPS) is 33.4. The van der Waals surface area contributed by atoms with E-state index in [0.29, 0.717) is 6.42 Å². The average molecular weight is 275 g/mol. The zero-order valence-corrected chi connectivity index (χ0v) is 10.2. The first-order valence-corrected chi connectivity index (χ1v) is 7.18. The van der Waals surface area contributed by atoms with Crippen LogP contribution in [0.2, 0.25) is 0 Å². The fourth-order valence-corrected chi connectivity index (χ4v) is 3.19. The second kappa shape index (κ2) is 4.69. The Labute approximate surface area is 104 Å². The van der Waals surface area contributed by atoms with Crippen LogP contribution in [0.25, 0.3) is 0 Å². The molecule has 2 aliphatic heterocycles. The van der Waals surface area contributed by atoms with Gasteiger partial charge in [-0.05, 0) is 18.9 Å². The topological polar surface area (TPSA) is 110 Å². The Morgan fingerprint density at radius 2 is 1.94 bits per heavy atom. The number of nitrogens with one attached hydrogen (secondary N) is 1. The van der Waals surface area contributed by atoms with Gasteiger partial charge in [0.1, 0.15) is 6.10 Å². The van der Waals surface area contributed by atoms with Crippen molar-refractivity contribution in [3.63, 3.8) is 0 Å². The maximum Gasteiger partial charge on any atom is 0.332 e. The molecule has 8 heteroatoms. The second-order valence-electron chi connectivity index (χ2n) is 4.30. The lowest BCUT2D eigenvalue weighted by Gasteiger charge is -2.14. The molecule has 0 radical (unpaired) electrons. The number of carbonyl (C=O) groups is 2. The minimum absolute atomic E-state index is 0.159. The van der Waals surface area contributed by atoms with Crippen LogP contribution in [0.5, 0.6) is 0 Å². The summed E-state index contributed by atoms with van der Waals surface area (Å²) in [5, 5.41) is 12.3. The Hall–Kier alpha value is -1.41. The molecule has 0 spiro atoms. The van der Waals surface area contributed by atoms with Crippen molar-refractivity contribution in [2.24, 2.45) is 0 Å². The summed E-state index contributed by atoms with van der Waals surface area (Å²) in [6.07, 6.45) is 0.237. The predicted molar refractivity (Wildman–Crippen MR) is 60.4 cm³/mol. The summed E-state index contributed by atoms with van der Waals surface area (Å²) in [6.45, 7) is 0. The summed E-state index contributed by atoms with van der Waals surface area (Å²) in [4.78, 5) is 22.4. The molecule has 2 rings (SSSR count). The number of sulfone groups is 1. The van der Waals surface area contributed by atoms with Crippen LogP contribution < -0.4 is 5.32 Å². The molecule has 18 heavy (non-hydrogen) atoms. The number of carboxylic acid groups (broad SMARTS) is 1. The fourth-order valence-electron chi connectivity index (χ4n) is 1.95. The SMILES string of the molecule is O=C(O)C1CCC(C(=O)NC2C=CS(=O)(=O)C2)O1. The van der Waals surface area contributed by atoms with Crippen LogP contribution in [0.4, 0.5) is 0 Å². The lowest BCUT2D eigenvalue weighted by Crippen LogP contribution is -2.42. The molecule has 2 N–H and O–H groups in total. The molecule has 0 bridgehead atoms. The van der Waals surface area contributed by atoms with Crippen LogP contribution in [0, 0.1) is 0 Å². The highest BCUT2D eigenvalue weighted by molar-refractivity contribution is 7.94. The molecule has 3 atom stereocenters. The van der Waals surface area contributed by atoms with Crippen molar-refractivity contribution >= 4 is 21.7 Å². The Morgan fingerprint density at radius 1 is 1.28 bits per heavy atom. The summed E-state index contributed by atoms with van der Waals surface area (Å²) in [5.41, 5.74) is 0. The molecule has 1 fully saturated rings. The van der Waals surface area contributed by atoms with Crippen molar-refractivity contribution < 1.29 is 27.9 Å². The Morgan fingerprint density at radius 3 is 2.44 bits per heavy atom. The van der Waals surface area contributed by atoms with E-state index in [9.17, 15) is 18.0 Å². The molecular formula is C10H13NO6S. The second-order valence-corrected chi connectivity index (χ2v) is 6.23. The summed E-state index contributed by atoms with van der Waals surface area (Å²) in [5.74, 6) is -1.72. The Balaban J connectivity index is 1.87. The van der Waals surface area contributed by atoms with Crippen LogP contribution in [0.1, 0.15) is 12.8 Å². The fraction of sp³-hybridized carbons (Fsp3) is 0.600. The number of carboxylic acids is 1. The zero-order valence-electron chi connectivity index (χ0n) is 9.40. The van der Waals surface area contributed by atoms with Gasteiger partial charge in [0.2, 0.25) is 5.91 Å². The molecule has 0 aliphatic carbocycles. The molecule has 2 aliphatic rings. The van der Waals surface area contributed by atoms with Gasteiger partial charge in [-0.1, -0.05) is 0 Å². The average Bonchev–Trinajstić information content (AvgIpc) is 2.85. The van der Waals surface area contributed by atoms with Gasteiger partial charge in [0, 0.05) is 5.41 Å². The van der Waals surface area contributed by atoms with Crippen molar-refractivity contribution in [1.29, 1.82) is 0 Å². The third-order valence-electron chi connectivity index (χ3n) is 2.85. The number of amides is 1. The molecule has 3 unspecified atom stereocenters. The highest BCUT2D eigenvalue weighted by Crippen LogP contribution is 2.20. The standard InChI is InChI=1S/C10H13NO6S/c12-9(7-1-2-8(17-7)10(13)14)11-6-3-4-18(15,16)5-6/h3-4,6-8H,1-2,5H2,(H,11,12)(H,13,14). The molecule has 1 saturated heterocycles.